The van der Waals surface area contributed by atoms with Crippen LogP contribution in [-0.2, 0) is 13.1 Å². The van der Waals surface area contributed by atoms with Gasteiger partial charge in [0.25, 0.3) is 5.91 Å². The van der Waals surface area contributed by atoms with Crippen molar-refractivity contribution in [2.75, 3.05) is 5.73 Å². The number of para-hydroxylation sites is 1. The van der Waals surface area contributed by atoms with Crippen LogP contribution in [-0.4, -0.2) is 10.8 Å². The molecule has 0 spiro atoms. The third-order valence-electron chi connectivity index (χ3n) is 3.76. The number of nitrogens with zero attached hydrogens (tertiary/aromatic N) is 1. The predicted octanol–water partition coefficient (Wildman–Crippen LogP) is 3.91. The highest BCUT2D eigenvalue weighted by atomic mass is 16.3. The number of amides is 1. The Hall–Kier alpha value is -2.95. The third-order valence-corrected chi connectivity index (χ3v) is 3.76. The molecule has 0 saturated carbocycles. The lowest BCUT2D eigenvalue weighted by molar-refractivity contribution is 0.0704. The number of carbonyl (C=O) groups excluding carboxylic acids is 1. The van der Waals surface area contributed by atoms with Gasteiger partial charge in [-0.3, -0.25) is 4.79 Å². The number of nitrogens with two attached hydrogens (primary N) is 1. The minimum Gasteiger partial charge on any atom is -0.464 e. The number of furan rings is 2. The normalized spacial score (nSPS) is 10.8. The highest BCUT2D eigenvalue weighted by molar-refractivity contribution is 5.99. The van der Waals surface area contributed by atoms with Gasteiger partial charge in [-0.1, -0.05) is 12.1 Å². The van der Waals surface area contributed by atoms with E-state index < -0.39 is 0 Å². The summed E-state index contributed by atoms with van der Waals surface area (Å²) in [6.45, 7) is 4.45. The van der Waals surface area contributed by atoms with Gasteiger partial charge in [0, 0.05) is 5.69 Å². The van der Waals surface area contributed by atoms with Gasteiger partial charge in [0.1, 0.15) is 23.0 Å². The topological polar surface area (TPSA) is 72.6 Å². The van der Waals surface area contributed by atoms with E-state index in [2.05, 4.69) is 0 Å². The van der Waals surface area contributed by atoms with E-state index in [9.17, 15) is 4.79 Å². The van der Waals surface area contributed by atoms with Crippen molar-refractivity contribution in [3.05, 3.63) is 77.1 Å². The van der Waals surface area contributed by atoms with E-state index in [0.29, 0.717) is 24.3 Å². The maximum absolute atomic E-state index is 13.0. The minimum atomic E-state index is -0.156. The minimum absolute atomic E-state index is 0.156. The number of hydrogen-bond donors (Lipinski definition) is 1. The average Bonchev–Trinajstić information content (AvgIpc) is 3.15. The molecular weight excluding hydrogens is 304 g/mol. The van der Waals surface area contributed by atoms with Crippen molar-refractivity contribution in [3.8, 4) is 0 Å². The largest absolute Gasteiger partial charge is 0.464 e. The van der Waals surface area contributed by atoms with Crippen LogP contribution in [0.1, 0.15) is 33.4 Å². The average molecular weight is 324 g/mol. The van der Waals surface area contributed by atoms with Gasteiger partial charge in [0.2, 0.25) is 0 Å². The summed E-state index contributed by atoms with van der Waals surface area (Å²) in [6, 6.07) is 14.6. The van der Waals surface area contributed by atoms with Gasteiger partial charge in [-0.2, -0.15) is 0 Å². The van der Waals surface area contributed by atoms with Gasteiger partial charge in [-0.05, 0) is 50.2 Å². The molecule has 3 aromatic rings. The molecule has 0 unspecified atom stereocenters. The Morgan fingerprint density at radius 2 is 1.46 bits per heavy atom. The van der Waals surface area contributed by atoms with Crippen LogP contribution < -0.4 is 5.73 Å². The van der Waals surface area contributed by atoms with Crippen LogP contribution in [0, 0.1) is 13.8 Å². The lowest BCUT2D eigenvalue weighted by Gasteiger charge is -2.21. The molecule has 0 aliphatic rings. The van der Waals surface area contributed by atoms with Gasteiger partial charge in [-0.15, -0.1) is 0 Å². The van der Waals surface area contributed by atoms with E-state index in [1.165, 1.54) is 0 Å². The second-order valence-corrected chi connectivity index (χ2v) is 5.77. The van der Waals surface area contributed by atoms with Gasteiger partial charge in [0.05, 0.1) is 18.7 Å². The van der Waals surface area contributed by atoms with Crippen LogP contribution in [0.4, 0.5) is 5.69 Å². The number of rotatable bonds is 5. The fraction of sp³-hybridized carbons (Fsp3) is 0.211. The molecule has 0 saturated heterocycles. The van der Waals surface area contributed by atoms with Gasteiger partial charge in [-0.25, -0.2) is 0 Å². The van der Waals surface area contributed by atoms with Gasteiger partial charge < -0.3 is 19.5 Å². The number of benzene rings is 1. The quantitative estimate of drug-likeness (QED) is 0.722. The van der Waals surface area contributed by atoms with Crippen LogP contribution >= 0.6 is 0 Å². The summed E-state index contributed by atoms with van der Waals surface area (Å²) in [7, 11) is 0. The molecular formula is C19H20N2O3. The van der Waals surface area contributed by atoms with E-state index in [0.717, 1.165) is 23.0 Å². The Balaban J connectivity index is 1.88. The van der Waals surface area contributed by atoms with Crippen molar-refractivity contribution in [3.63, 3.8) is 0 Å². The first-order valence-electron chi connectivity index (χ1n) is 7.77. The van der Waals surface area contributed by atoms with E-state index in [1.807, 2.05) is 44.2 Å². The molecule has 2 aromatic heterocycles. The molecule has 0 atom stereocenters. The van der Waals surface area contributed by atoms with E-state index >= 15 is 0 Å². The zero-order chi connectivity index (χ0) is 17.1. The molecule has 2 heterocycles. The van der Waals surface area contributed by atoms with Crippen LogP contribution in [0.15, 0.2) is 57.4 Å². The lowest BCUT2D eigenvalue weighted by Crippen LogP contribution is -2.30. The number of nitrogen functional groups attached to an aromatic ring is 1. The Labute approximate surface area is 140 Å². The standard InChI is InChI=1S/C19H20N2O3/c1-13-7-9-15(23-13)11-21(12-16-10-8-14(2)24-16)19(22)17-5-3-4-6-18(17)20/h3-10H,11-12,20H2,1-2H3. The lowest BCUT2D eigenvalue weighted by atomic mass is 10.1. The van der Waals surface area contributed by atoms with Crippen molar-refractivity contribution < 1.29 is 13.6 Å². The molecule has 24 heavy (non-hydrogen) atoms. The van der Waals surface area contributed by atoms with Crippen LogP contribution in [0.3, 0.4) is 0 Å². The molecule has 0 radical (unpaired) electrons. The number of carbonyl (C=O) groups is 1. The molecule has 0 fully saturated rings. The zero-order valence-corrected chi connectivity index (χ0v) is 13.8. The Morgan fingerprint density at radius 1 is 0.917 bits per heavy atom. The second kappa shape index (κ2) is 6.66. The summed E-state index contributed by atoms with van der Waals surface area (Å²) >= 11 is 0. The molecule has 2 N–H and O–H groups in total. The molecule has 0 aliphatic carbocycles. The highest BCUT2D eigenvalue weighted by Crippen LogP contribution is 2.20. The Kier molecular flexibility index (Phi) is 4.42. The molecule has 5 heteroatoms. The summed E-state index contributed by atoms with van der Waals surface area (Å²) in [4.78, 5) is 14.6. The number of hydrogen-bond acceptors (Lipinski definition) is 4. The molecule has 1 amide bonds. The van der Waals surface area contributed by atoms with Gasteiger partial charge >= 0.3 is 0 Å². The highest BCUT2D eigenvalue weighted by Gasteiger charge is 2.21. The fourth-order valence-electron chi connectivity index (χ4n) is 2.58. The predicted molar refractivity (Wildman–Crippen MR) is 91.3 cm³/mol. The number of aryl methyl sites for hydroxylation is 2. The summed E-state index contributed by atoms with van der Waals surface area (Å²) in [5.74, 6) is 2.91. The maximum atomic E-state index is 13.0. The second-order valence-electron chi connectivity index (χ2n) is 5.77. The maximum Gasteiger partial charge on any atom is 0.256 e. The van der Waals surface area contributed by atoms with E-state index in [4.69, 9.17) is 14.6 Å². The molecule has 0 bridgehead atoms. The third kappa shape index (κ3) is 3.51. The summed E-state index contributed by atoms with van der Waals surface area (Å²) in [6.07, 6.45) is 0. The fourth-order valence-corrected chi connectivity index (χ4v) is 2.58. The first kappa shape index (κ1) is 15.9. The van der Waals surface area contributed by atoms with Crippen LogP contribution in [0.25, 0.3) is 0 Å². The SMILES string of the molecule is Cc1ccc(CN(Cc2ccc(C)o2)C(=O)c2ccccc2N)o1. The zero-order valence-electron chi connectivity index (χ0n) is 13.8. The summed E-state index contributed by atoms with van der Waals surface area (Å²) < 4.78 is 11.2. The first-order valence-corrected chi connectivity index (χ1v) is 7.77. The monoisotopic (exact) mass is 324 g/mol. The van der Waals surface area contributed by atoms with Crippen molar-refractivity contribution in [1.29, 1.82) is 0 Å². The Morgan fingerprint density at radius 3 is 1.92 bits per heavy atom. The summed E-state index contributed by atoms with van der Waals surface area (Å²) in [5, 5.41) is 0. The molecule has 0 aliphatic heterocycles. The summed E-state index contributed by atoms with van der Waals surface area (Å²) in [5.41, 5.74) is 6.89. The molecule has 5 nitrogen and oxygen atoms in total. The van der Waals surface area contributed by atoms with Crippen molar-refractivity contribution in [2.24, 2.45) is 0 Å². The van der Waals surface area contributed by atoms with Crippen molar-refractivity contribution in [2.45, 2.75) is 26.9 Å². The van der Waals surface area contributed by atoms with Crippen LogP contribution in [0.2, 0.25) is 0 Å². The van der Waals surface area contributed by atoms with Crippen molar-refractivity contribution in [1.82, 2.24) is 4.90 Å². The Bertz CT molecular complexity index is 805. The molecule has 124 valence electrons. The number of anilines is 1. The first-order chi connectivity index (χ1) is 11.5. The van der Waals surface area contributed by atoms with Gasteiger partial charge in [0.15, 0.2) is 0 Å². The van der Waals surface area contributed by atoms with Crippen LogP contribution in [0.5, 0.6) is 0 Å². The van der Waals surface area contributed by atoms with Crippen molar-refractivity contribution >= 4 is 11.6 Å². The van der Waals surface area contributed by atoms with E-state index in [1.54, 1.807) is 23.1 Å². The van der Waals surface area contributed by atoms with E-state index in [-0.39, 0.29) is 5.91 Å². The smallest absolute Gasteiger partial charge is 0.256 e. The molecule has 3 rings (SSSR count). The molecule has 1 aromatic carbocycles.